The first-order valence-electron chi connectivity index (χ1n) is 12.2. The van der Waals surface area contributed by atoms with E-state index < -0.39 is 97.2 Å². The van der Waals surface area contributed by atoms with E-state index in [0.29, 0.717) is 0 Å². The van der Waals surface area contributed by atoms with E-state index in [1.165, 1.54) is 27.7 Å². The van der Waals surface area contributed by atoms with Gasteiger partial charge in [-0.15, -0.1) is 0 Å². The number of carboxylic acids is 8. The summed E-state index contributed by atoms with van der Waals surface area (Å²) in [5.74, 6) is -23.7. The summed E-state index contributed by atoms with van der Waals surface area (Å²) >= 11 is 0. The van der Waals surface area contributed by atoms with Crippen LogP contribution in [0.4, 0.5) is 105 Å². The minimum Gasteiger partial charge on any atom is -0.542 e. The van der Waals surface area contributed by atoms with Crippen LogP contribution in [-0.2, 0) is 126 Å². The van der Waals surface area contributed by atoms with Crippen molar-refractivity contribution in [3.8, 4) is 0 Å². The molecule has 0 aromatic heterocycles. The number of hydrogen-bond donors (Lipinski definition) is 0. The van der Waals surface area contributed by atoms with E-state index in [-0.39, 0.29) is 89.5 Å². The Hall–Kier alpha value is -4.09. The van der Waals surface area contributed by atoms with E-state index in [1.807, 2.05) is 0 Å². The Morgan fingerprint density at radius 1 is 0.206 bits per heavy atom. The van der Waals surface area contributed by atoms with Crippen LogP contribution in [0.2, 0.25) is 0 Å². The third kappa shape index (κ3) is 119. The van der Waals surface area contributed by atoms with Crippen LogP contribution in [0.25, 0.3) is 0 Å². The zero-order valence-electron chi connectivity index (χ0n) is 30.8. The van der Waals surface area contributed by atoms with E-state index >= 15 is 0 Å². The van der Waals surface area contributed by atoms with E-state index in [1.54, 1.807) is 0 Å². The fourth-order valence-electron chi connectivity index (χ4n) is 0. The maximum atomic E-state index is 10.5. The van der Waals surface area contributed by atoms with Gasteiger partial charge in [0.25, 0.3) is 0 Å². The Labute approximate surface area is 407 Å². The smallest absolute Gasteiger partial charge is 0.542 e. The number of carbonyl (C=O) groups excluding carboxylic acids is 10. The summed E-state index contributed by atoms with van der Waals surface area (Å²) in [4.78, 5) is 89.2. The number of ketones is 2. The van der Waals surface area contributed by atoms with Gasteiger partial charge < -0.3 is 88.8 Å². The fraction of sp³-hybridized carbons (Fsp3) is 0.545. The Bertz CT molecular complexity index is 1160. The van der Waals surface area contributed by atoms with Crippen LogP contribution in [-0.4, -0.2) is 109 Å². The summed E-state index contributed by atoms with van der Waals surface area (Å²) in [7, 11) is 0. The Morgan fingerprint density at radius 3 is 0.221 bits per heavy atom. The van der Waals surface area contributed by atoms with Crippen LogP contribution in [0.3, 0.4) is 0 Å². The predicted molar refractivity (Wildman–Crippen MR) is 121 cm³/mol. The van der Waals surface area contributed by atoms with Gasteiger partial charge in [-0.25, -0.2) is 0 Å². The monoisotopic (exact) mass is 1430 g/mol. The average Bonchev–Trinajstić information content (AvgIpc) is 2.95. The Balaban J connectivity index is -0.0000000396. The molecule has 0 aliphatic carbocycles. The number of halogens is 24. The fourth-order valence-corrected chi connectivity index (χ4v) is 0. The largest absolute Gasteiger partial charge is 2.00 e. The summed E-state index contributed by atoms with van der Waals surface area (Å²) in [6, 6.07) is 0. The molecule has 0 fully saturated rings. The quantitative estimate of drug-likeness (QED) is 0.163. The summed E-state index contributed by atoms with van der Waals surface area (Å²) in [5, 5.41) is 70.3. The maximum absolute atomic E-state index is 10.5. The molecular formula is C22H12F24O18Rh4. The van der Waals surface area contributed by atoms with Gasteiger partial charge in [0.05, 0.1) is 0 Å². The standard InChI is InChI=1S/2C3H6O.8C2HF3O2.4Rh/c2*1-3(2)4;8*3-2(4,5)1(6)7;;;;/h2*1-2H3;8*(H,6,7);;;;/q;;;;;;;;;;4*+2/p-8. The first-order valence-corrected chi connectivity index (χ1v) is 12.2. The molecular weight excluding hydrogens is 1420 g/mol. The molecule has 0 unspecified atom stereocenters. The van der Waals surface area contributed by atoms with Crippen molar-refractivity contribution >= 4 is 59.3 Å². The molecule has 18 nitrogen and oxygen atoms in total. The van der Waals surface area contributed by atoms with Crippen molar-refractivity contribution in [3.05, 3.63) is 0 Å². The molecule has 0 heterocycles. The molecule has 0 spiro atoms. The second-order valence-corrected chi connectivity index (χ2v) is 8.10. The first-order chi connectivity index (χ1) is 27.0. The van der Waals surface area contributed by atoms with E-state index in [9.17, 15) is 115 Å². The summed E-state index contributed by atoms with van der Waals surface area (Å²) in [6.07, 6.45) is -41.6. The number of aliphatic carboxylic acids is 8. The van der Waals surface area contributed by atoms with Gasteiger partial charge in [-0.2, -0.15) is 105 Å². The van der Waals surface area contributed by atoms with Crippen LogP contribution < -0.4 is 40.9 Å². The third-order valence-electron chi connectivity index (χ3n) is 1.85. The molecule has 0 atom stereocenters. The van der Waals surface area contributed by atoms with Crippen LogP contribution in [0.5, 0.6) is 0 Å². The molecule has 0 N–H and O–H groups in total. The normalized spacial score (nSPS) is 10.1. The van der Waals surface area contributed by atoms with Crippen molar-refractivity contribution in [2.75, 3.05) is 0 Å². The number of hydrogen-bond acceptors (Lipinski definition) is 18. The molecule has 0 rings (SSSR count). The van der Waals surface area contributed by atoms with E-state index in [2.05, 4.69) is 0 Å². The van der Waals surface area contributed by atoms with Crippen molar-refractivity contribution in [2.45, 2.75) is 77.1 Å². The van der Waals surface area contributed by atoms with Crippen molar-refractivity contribution in [2.24, 2.45) is 0 Å². The van der Waals surface area contributed by atoms with Crippen molar-refractivity contribution < 1.29 is 272 Å². The van der Waals surface area contributed by atoms with Gasteiger partial charge in [-0.1, -0.05) is 0 Å². The van der Waals surface area contributed by atoms with Gasteiger partial charge in [0.15, 0.2) is 0 Å². The Morgan fingerprint density at radius 2 is 0.221 bits per heavy atom. The number of alkyl halides is 24. The molecule has 0 aliphatic heterocycles. The zero-order chi connectivity index (χ0) is 55.8. The summed E-state index contributed by atoms with van der Waals surface area (Å²) in [6.45, 7) is 6.11. The van der Waals surface area contributed by atoms with Crippen molar-refractivity contribution in [1.29, 1.82) is 0 Å². The Kier molecular flexibility index (Phi) is 65.9. The molecule has 68 heavy (non-hydrogen) atoms. The first kappa shape index (κ1) is 102. The maximum Gasteiger partial charge on any atom is 2.00 e. The molecule has 0 saturated carbocycles. The van der Waals surface area contributed by atoms with Gasteiger partial charge in [-0.05, 0) is 27.7 Å². The number of Topliss-reactive ketones (excluding diaryl/α,β-unsaturated/α-hetero) is 2. The SMILES string of the molecule is CC(C)=O.CC(C)=O.O=C([O-])C(F)(F)F.O=C([O-])C(F)(F)F.O=C([O-])C(F)(F)F.O=C([O-])C(F)(F)F.O=C([O-])C(F)(F)F.O=C([O-])C(F)(F)F.O=C([O-])C(F)(F)F.O=C([O-])C(F)(F)F.[Rh+2].[Rh+2].[Rh+2].[Rh+2]. The minimum atomic E-state index is -5.19. The zero-order valence-corrected chi connectivity index (χ0v) is 37.3. The molecule has 0 aliphatic rings. The molecule has 46 heteroatoms. The van der Waals surface area contributed by atoms with Gasteiger partial charge in [0.1, 0.15) is 59.3 Å². The third-order valence-corrected chi connectivity index (χ3v) is 1.85. The van der Waals surface area contributed by atoms with Gasteiger partial charge >= 0.3 is 127 Å². The van der Waals surface area contributed by atoms with Crippen LogP contribution >= 0.6 is 0 Å². The molecule has 0 saturated heterocycles. The van der Waals surface area contributed by atoms with E-state index in [0.717, 1.165) is 0 Å². The molecule has 0 bridgehead atoms. The minimum absolute atomic E-state index is 0. The van der Waals surface area contributed by atoms with Crippen LogP contribution in [0.15, 0.2) is 0 Å². The predicted octanol–water partition coefficient (Wildman–Crippen LogP) is -4.43. The van der Waals surface area contributed by atoms with Crippen LogP contribution in [0.1, 0.15) is 27.7 Å². The second-order valence-electron chi connectivity index (χ2n) is 8.10. The molecule has 0 aromatic carbocycles. The van der Waals surface area contributed by atoms with Crippen molar-refractivity contribution in [1.82, 2.24) is 0 Å². The van der Waals surface area contributed by atoms with Crippen molar-refractivity contribution in [3.63, 3.8) is 0 Å². The number of rotatable bonds is 0. The van der Waals surface area contributed by atoms with E-state index in [4.69, 9.17) is 79.2 Å². The average molecular weight is 1430 g/mol. The second kappa shape index (κ2) is 44.1. The van der Waals surface area contributed by atoms with Gasteiger partial charge in [0, 0.05) is 0 Å². The molecule has 4 radical (unpaired) electrons. The topological polar surface area (TPSA) is 355 Å². The summed E-state index contributed by atoms with van der Waals surface area (Å²) in [5.41, 5.74) is 0. The molecule has 0 amide bonds. The van der Waals surface area contributed by atoms with Crippen LogP contribution in [0, 0.1) is 0 Å². The van der Waals surface area contributed by atoms with Gasteiger partial charge in [0.2, 0.25) is 0 Å². The number of carboxylic acid groups (broad SMARTS) is 8. The molecule has 0 aromatic rings. The number of carbonyl (C=O) groups is 10. The van der Waals surface area contributed by atoms with Gasteiger partial charge in [-0.3, -0.25) is 0 Å². The summed E-state index contributed by atoms with van der Waals surface area (Å²) < 4.78 is 252. The molecule has 412 valence electrons.